The number of amides is 1. The first-order valence-corrected chi connectivity index (χ1v) is 13.6. The number of nitrogens with zero attached hydrogens (tertiary/aromatic N) is 1. The highest BCUT2D eigenvalue weighted by molar-refractivity contribution is 7.92. The van der Waals surface area contributed by atoms with E-state index >= 15 is 0 Å². The van der Waals surface area contributed by atoms with Gasteiger partial charge in [-0.05, 0) is 85.3 Å². The lowest BCUT2D eigenvalue weighted by Crippen LogP contribution is -2.42. The van der Waals surface area contributed by atoms with Crippen molar-refractivity contribution in [1.82, 2.24) is 5.32 Å². The predicted molar refractivity (Wildman–Crippen MR) is 146 cm³/mol. The Bertz CT molecular complexity index is 1340. The van der Waals surface area contributed by atoms with Gasteiger partial charge in [-0.3, -0.25) is 9.10 Å². The molecule has 192 valence electrons. The van der Waals surface area contributed by atoms with Crippen LogP contribution in [-0.4, -0.2) is 28.0 Å². The van der Waals surface area contributed by atoms with E-state index in [1.807, 2.05) is 26.0 Å². The molecule has 0 aromatic heterocycles. The molecular weight excluding hydrogens is 496 g/mol. The number of hydrogen-bond donors (Lipinski definition) is 1. The topological polar surface area (TPSA) is 75.7 Å². The Hall–Kier alpha value is -3.03. The third-order valence-corrected chi connectivity index (χ3v) is 8.15. The van der Waals surface area contributed by atoms with E-state index in [4.69, 9.17) is 16.3 Å². The summed E-state index contributed by atoms with van der Waals surface area (Å²) in [5.74, 6) is 0.614. The van der Waals surface area contributed by atoms with Crippen LogP contribution in [0.15, 0.2) is 65.6 Å². The fourth-order valence-electron chi connectivity index (χ4n) is 4.18. The van der Waals surface area contributed by atoms with Gasteiger partial charge in [-0.1, -0.05) is 49.7 Å². The Morgan fingerprint density at radius 3 is 2.25 bits per heavy atom. The first-order chi connectivity index (χ1) is 16.9. The number of carbonyl (C=O) groups is 1. The number of benzene rings is 3. The van der Waals surface area contributed by atoms with E-state index in [-0.39, 0.29) is 16.9 Å². The van der Waals surface area contributed by atoms with Crippen molar-refractivity contribution in [3.8, 4) is 5.75 Å². The molecule has 3 aromatic carbocycles. The van der Waals surface area contributed by atoms with Crippen LogP contribution in [0, 0.1) is 13.8 Å². The molecule has 0 fully saturated rings. The summed E-state index contributed by atoms with van der Waals surface area (Å²) in [5, 5.41) is 3.36. The smallest absolute Gasteiger partial charge is 0.264 e. The normalized spacial score (nSPS) is 12.3. The lowest BCUT2D eigenvalue weighted by Gasteiger charge is -2.27. The number of rotatable bonds is 9. The van der Waals surface area contributed by atoms with Crippen LogP contribution in [0.4, 0.5) is 5.69 Å². The molecule has 0 saturated heterocycles. The van der Waals surface area contributed by atoms with Crippen LogP contribution in [0.1, 0.15) is 55.0 Å². The quantitative estimate of drug-likeness (QED) is 0.361. The number of hydrogen-bond acceptors (Lipinski definition) is 4. The van der Waals surface area contributed by atoms with Gasteiger partial charge in [-0.15, -0.1) is 0 Å². The summed E-state index contributed by atoms with van der Waals surface area (Å²) < 4.78 is 33.9. The number of halogens is 1. The average Bonchev–Trinajstić information content (AvgIpc) is 2.84. The molecule has 8 heteroatoms. The molecule has 0 aliphatic carbocycles. The summed E-state index contributed by atoms with van der Waals surface area (Å²) in [4.78, 5) is 13.4. The number of sulfonamides is 1. The summed E-state index contributed by atoms with van der Waals surface area (Å²) in [6.07, 6.45) is 0. The van der Waals surface area contributed by atoms with Crippen LogP contribution >= 0.6 is 11.6 Å². The van der Waals surface area contributed by atoms with Crippen LogP contribution in [0.2, 0.25) is 5.02 Å². The van der Waals surface area contributed by atoms with Gasteiger partial charge in [0.05, 0.1) is 23.7 Å². The van der Waals surface area contributed by atoms with E-state index < -0.39 is 22.5 Å². The molecular formula is C28H33ClN2O4S. The number of carbonyl (C=O) groups excluding carboxylic acids is 1. The zero-order chi connectivity index (χ0) is 26.6. The van der Waals surface area contributed by atoms with Crippen LogP contribution in [0.5, 0.6) is 5.75 Å². The Kier molecular flexibility index (Phi) is 8.69. The molecule has 0 radical (unpaired) electrons. The van der Waals surface area contributed by atoms with E-state index in [1.165, 1.54) is 12.1 Å². The molecule has 0 heterocycles. The molecule has 3 aromatic rings. The molecule has 0 aliphatic heterocycles. The minimum atomic E-state index is -4.03. The van der Waals surface area contributed by atoms with Crippen molar-refractivity contribution in [2.75, 3.05) is 18.0 Å². The van der Waals surface area contributed by atoms with E-state index in [0.717, 1.165) is 26.7 Å². The van der Waals surface area contributed by atoms with E-state index in [2.05, 4.69) is 19.2 Å². The van der Waals surface area contributed by atoms with Gasteiger partial charge in [-0.25, -0.2) is 8.42 Å². The van der Waals surface area contributed by atoms with Crippen molar-refractivity contribution in [1.29, 1.82) is 0 Å². The molecule has 0 bridgehead atoms. The van der Waals surface area contributed by atoms with Gasteiger partial charge in [0.15, 0.2) is 0 Å². The van der Waals surface area contributed by atoms with Gasteiger partial charge >= 0.3 is 0 Å². The Morgan fingerprint density at radius 2 is 1.64 bits per heavy atom. The molecule has 0 spiro atoms. The molecule has 1 N–H and O–H groups in total. The van der Waals surface area contributed by atoms with Crippen molar-refractivity contribution in [2.45, 2.75) is 51.5 Å². The van der Waals surface area contributed by atoms with Crippen LogP contribution < -0.4 is 14.4 Å². The molecule has 0 unspecified atom stereocenters. The third-order valence-electron chi connectivity index (χ3n) is 6.14. The van der Waals surface area contributed by atoms with Gasteiger partial charge in [0.2, 0.25) is 5.91 Å². The third kappa shape index (κ3) is 6.02. The zero-order valence-electron chi connectivity index (χ0n) is 21.5. The second-order valence-corrected chi connectivity index (χ2v) is 11.4. The number of anilines is 1. The van der Waals surface area contributed by atoms with Gasteiger partial charge in [0, 0.05) is 5.02 Å². The van der Waals surface area contributed by atoms with Crippen molar-refractivity contribution in [3.63, 3.8) is 0 Å². The molecule has 0 saturated carbocycles. The average molecular weight is 529 g/mol. The van der Waals surface area contributed by atoms with Gasteiger partial charge < -0.3 is 10.1 Å². The highest BCUT2D eigenvalue weighted by atomic mass is 35.5. The van der Waals surface area contributed by atoms with Crippen molar-refractivity contribution in [2.24, 2.45) is 0 Å². The molecule has 0 aliphatic rings. The van der Waals surface area contributed by atoms with Crippen molar-refractivity contribution in [3.05, 3.63) is 87.9 Å². The van der Waals surface area contributed by atoms with Gasteiger partial charge in [0.1, 0.15) is 12.3 Å². The number of aryl methyl sites for hydroxylation is 2. The maximum absolute atomic E-state index is 13.6. The molecule has 3 rings (SSSR count). The summed E-state index contributed by atoms with van der Waals surface area (Å²) in [6, 6.07) is 16.7. The van der Waals surface area contributed by atoms with E-state index in [0.29, 0.717) is 16.3 Å². The highest BCUT2D eigenvalue weighted by Crippen LogP contribution is 2.33. The van der Waals surface area contributed by atoms with Crippen molar-refractivity contribution < 1.29 is 17.9 Å². The first-order valence-electron chi connectivity index (χ1n) is 11.8. The maximum Gasteiger partial charge on any atom is 0.264 e. The zero-order valence-corrected chi connectivity index (χ0v) is 23.1. The predicted octanol–water partition coefficient (Wildman–Crippen LogP) is 6.16. The van der Waals surface area contributed by atoms with E-state index in [1.54, 1.807) is 50.4 Å². The molecule has 6 nitrogen and oxygen atoms in total. The van der Waals surface area contributed by atoms with Gasteiger partial charge in [0.25, 0.3) is 10.0 Å². The van der Waals surface area contributed by atoms with Crippen LogP contribution in [-0.2, 0) is 14.8 Å². The minimum Gasteiger partial charge on any atom is -0.496 e. The first kappa shape index (κ1) is 27.6. The maximum atomic E-state index is 13.6. The minimum absolute atomic E-state index is 0.0952. The Balaban J connectivity index is 1.95. The molecule has 1 atom stereocenters. The van der Waals surface area contributed by atoms with Crippen molar-refractivity contribution >= 4 is 33.2 Å². The highest BCUT2D eigenvalue weighted by Gasteiger charge is 2.29. The number of nitrogens with one attached hydrogen (secondary N) is 1. The van der Waals surface area contributed by atoms with E-state index in [9.17, 15) is 13.2 Å². The lowest BCUT2D eigenvalue weighted by molar-refractivity contribution is -0.120. The molecule has 36 heavy (non-hydrogen) atoms. The largest absolute Gasteiger partial charge is 0.496 e. The summed E-state index contributed by atoms with van der Waals surface area (Å²) in [5.41, 5.74) is 4.01. The van der Waals surface area contributed by atoms with Gasteiger partial charge in [-0.2, -0.15) is 0 Å². The summed E-state index contributed by atoms with van der Waals surface area (Å²) >= 11 is 6.21. The Morgan fingerprint density at radius 1 is 0.972 bits per heavy atom. The standard InChI is InChI=1S/C28H33ClN2O4S/c1-18(2)24-16-25(20(4)14-27(24)35-6)21(5)30-28(32)17-31(26-15-22(29)13-12-19(26)3)36(33,34)23-10-8-7-9-11-23/h7-16,18,21H,17H2,1-6H3,(H,30,32)/t21-/m0/s1. The summed E-state index contributed by atoms with van der Waals surface area (Å²) in [7, 11) is -2.38. The monoisotopic (exact) mass is 528 g/mol. The Labute approximate surface area is 219 Å². The lowest BCUT2D eigenvalue weighted by atomic mass is 9.93. The van der Waals surface area contributed by atoms with Crippen LogP contribution in [0.25, 0.3) is 0 Å². The number of ether oxygens (including phenoxy) is 1. The second-order valence-electron chi connectivity index (χ2n) is 9.15. The second kappa shape index (κ2) is 11.4. The summed E-state index contributed by atoms with van der Waals surface area (Å²) in [6.45, 7) is 9.41. The van der Waals surface area contributed by atoms with Crippen LogP contribution in [0.3, 0.4) is 0 Å². The fourth-order valence-corrected chi connectivity index (χ4v) is 5.84. The SMILES string of the molecule is COc1cc(C)c([C@H](C)NC(=O)CN(c2cc(Cl)ccc2C)S(=O)(=O)c2ccccc2)cc1C(C)C. The fraction of sp³-hybridized carbons (Fsp3) is 0.321. The molecule has 1 amide bonds. The number of methoxy groups -OCH3 is 1.